The van der Waals surface area contributed by atoms with Gasteiger partial charge in [0, 0.05) is 10.9 Å². The molecular formula is C19H13NO. The Hall–Kier alpha value is -2.87. The van der Waals surface area contributed by atoms with Crippen molar-refractivity contribution in [1.29, 1.82) is 0 Å². The molecule has 0 fully saturated rings. The Bertz CT molecular complexity index is 966. The topological polar surface area (TPSA) is 26.0 Å². The summed E-state index contributed by atoms with van der Waals surface area (Å²) in [5.74, 6) is 0.644. The molecule has 0 atom stereocenters. The van der Waals surface area contributed by atoms with Crippen molar-refractivity contribution in [2.75, 3.05) is 0 Å². The fourth-order valence-corrected chi connectivity index (χ4v) is 2.58. The van der Waals surface area contributed by atoms with Crippen LogP contribution in [-0.2, 0) is 0 Å². The van der Waals surface area contributed by atoms with Crippen molar-refractivity contribution in [1.82, 2.24) is 4.98 Å². The number of fused-ring (bicyclic) bond motifs is 3. The minimum absolute atomic E-state index is 0.644. The van der Waals surface area contributed by atoms with E-state index in [9.17, 15) is 0 Å². The second kappa shape index (κ2) is 4.60. The normalized spacial score (nSPS) is 11.0. The quantitative estimate of drug-likeness (QED) is 0.495. The van der Waals surface area contributed by atoms with Crippen LogP contribution in [-0.4, -0.2) is 4.98 Å². The monoisotopic (exact) mass is 271 g/mol. The molecule has 1 aromatic heterocycles. The second-order valence-electron chi connectivity index (χ2n) is 4.98. The van der Waals surface area contributed by atoms with Crippen molar-refractivity contribution in [3.05, 3.63) is 72.8 Å². The van der Waals surface area contributed by atoms with E-state index in [2.05, 4.69) is 29.8 Å². The first-order valence-corrected chi connectivity index (χ1v) is 6.86. The van der Waals surface area contributed by atoms with E-state index in [0.717, 1.165) is 27.6 Å². The van der Waals surface area contributed by atoms with E-state index in [-0.39, 0.29) is 0 Å². The Morgan fingerprint density at radius 3 is 2.76 bits per heavy atom. The molecule has 100 valence electrons. The molecule has 3 aromatic carbocycles. The summed E-state index contributed by atoms with van der Waals surface area (Å²) >= 11 is 0. The Morgan fingerprint density at radius 1 is 0.952 bits per heavy atom. The van der Waals surface area contributed by atoms with E-state index in [0.29, 0.717) is 5.89 Å². The van der Waals surface area contributed by atoms with Crippen LogP contribution in [0.4, 0.5) is 0 Å². The van der Waals surface area contributed by atoms with Crippen molar-refractivity contribution in [2.45, 2.75) is 0 Å². The average Bonchev–Trinajstić information content (AvgIpc) is 2.99. The van der Waals surface area contributed by atoms with E-state index in [1.165, 1.54) is 5.39 Å². The Labute approximate surface area is 122 Å². The molecule has 2 heteroatoms. The molecule has 0 bridgehead atoms. The molecule has 0 N–H and O–H groups in total. The van der Waals surface area contributed by atoms with Gasteiger partial charge in [-0.1, -0.05) is 55.1 Å². The van der Waals surface area contributed by atoms with Crippen molar-refractivity contribution in [3.8, 4) is 11.5 Å². The number of rotatable bonds is 2. The summed E-state index contributed by atoms with van der Waals surface area (Å²) in [6.45, 7) is 3.80. The first kappa shape index (κ1) is 11.9. The van der Waals surface area contributed by atoms with Crippen molar-refractivity contribution >= 4 is 27.9 Å². The zero-order valence-corrected chi connectivity index (χ0v) is 11.4. The lowest BCUT2D eigenvalue weighted by Crippen LogP contribution is -1.79. The standard InChI is InChI=1S/C19H13NO/c1-2-13-6-5-8-15(12-13)19-20-18-16-9-4-3-7-14(16)10-11-17(18)21-19/h2-12H,1H2. The lowest BCUT2D eigenvalue weighted by molar-refractivity contribution is 0.620. The molecular weight excluding hydrogens is 258 g/mol. The van der Waals surface area contributed by atoms with Crippen molar-refractivity contribution in [2.24, 2.45) is 0 Å². The van der Waals surface area contributed by atoms with Gasteiger partial charge >= 0.3 is 0 Å². The zero-order valence-electron chi connectivity index (χ0n) is 11.4. The van der Waals surface area contributed by atoms with E-state index in [1.807, 2.05) is 48.5 Å². The van der Waals surface area contributed by atoms with E-state index in [4.69, 9.17) is 4.42 Å². The molecule has 1 heterocycles. The molecule has 4 rings (SSSR count). The third-order valence-electron chi connectivity index (χ3n) is 3.65. The van der Waals surface area contributed by atoms with E-state index < -0.39 is 0 Å². The van der Waals surface area contributed by atoms with Crippen molar-refractivity contribution < 1.29 is 4.42 Å². The Morgan fingerprint density at radius 2 is 1.86 bits per heavy atom. The Kier molecular flexibility index (Phi) is 2.61. The number of oxazole rings is 1. The van der Waals surface area contributed by atoms with Crippen LogP contribution in [0.2, 0.25) is 0 Å². The van der Waals surface area contributed by atoms with Crippen LogP contribution in [0.15, 0.2) is 71.7 Å². The molecule has 0 aliphatic rings. The van der Waals surface area contributed by atoms with Crippen LogP contribution >= 0.6 is 0 Å². The highest BCUT2D eigenvalue weighted by Gasteiger charge is 2.10. The highest BCUT2D eigenvalue weighted by molar-refractivity contribution is 6.03. The first-order chi connectivity index (χ1) is 10.3. The van der Waals surface area contributed by atoms with Gasteiger partial charge < -0.3 is 4.42 Å². The predicted octanol–water partition coefficient (Wildman–Crippen LogP) is 5.29. The molecule has 2 nitrogen and oxygen atoms in total. The molecule has 0 aliphatic carbocycles. The number of hydrogen-bond donors (Lipinski definition) is 0. The lowest BCUT2D eigenvalue weighted by atomic mass is 10.1. The molecule has 0 amide bonds. The SMILES string of the molecule is C=Cc1cccc(-c2nc3c(ccc4ccccc43)o2)c1. The summed E-state index contributed by atoms with van der Waals surface area (Å²) in [6, 6.07) is 20.3. The summed E-state index contributed by atoms with van der Waals surface area (Å²) < 4.78 is 5.92. The van der Waals surface area contributed by atoms with Gasteiger partial charge in [-0.25, -0.2) is 4.98 Å². The fourth-order valence-electron chi connectivity index (χ4n) is 2.58. The van der Waals surface area contributed by atoms with Gasteiger partial charge in [-0.05, 0) is 29.1 Å². The maximum atomic E-state index is 5.92. The summed E-state index contributed by atoms with van der Waals surface area (Å²) in [5.41, 5.74) is 3.74. The molecule has 0 saturated heterocycles. The molecule has 4 aromatic rings. The molecule has 0 spiro atoms. The molecule has 0 radical (unpaired) electrons. The zero-order chi connectivity index (χ0) is 14.2. The van der Waals surface area contributed by atoms with Crippen LogP contribution in [0, 0.1) is 0 Å². The maximum absolute atomic E-state index is 5.92. The highest BCUT2D eigenvalue weighted by Crippen LogP contribution is 2.29. The van der Waals surface area contributed by atoms with Crippen molar-refractivity contribution in [3.63, 3.8) is 0 Å². The summed E-state index contributed by atoms with van der Waals surface area (Å²) in [6.07, 6.45) is 1.82. The molecule has 0 saturated carbocycles. The maximum Gasteiger partial charge on any atom is 0.227 e. The van der Waals surface area contributed by atoms with Crippen LogP contribution < -0.4 is 0 Å². The van der Waals surface area contributed by atoms with Gasteiger partial charge in [-0.15, -0.1) is 0 Å². The third-order valence-corrected chi connectivity index (χ3v) is 3.65. The third kappa shape index (κ3) is 1.93. The van der Waals surface area contributed by atoms with Gasteiger partial charge in [0.2, 0.25) is 5.89 Å². The largest absolute Gasteiger partial charge is 0.436 e. The van der Waals surface area contributed by atoms with Crippen LogP contribution in [0.3, 0.4) is 0 Å². The highest BCUT2D eigenvalue weighted by atomic mass is 16.3. The number of nitrogens with zero attached hydrogens (tertiary/aromatic N) is 1. The first-order valence-electron chi connectivity index (χ1n) is 6.86. The van der Waals surface area contributed by atoms with Crippen LogP contribution in [0.5, 0.6) is 0 Å². The number of aromatic nitrogens is 1. The minimum Gasteiger partial charge on any atom is -0.436 e. The lowest BCUT2D eigenvalue weighted by Gasteiger charge is -1.96. The van der Waals surface area contributed by atoms with Gasteiger partial charge in [-0.2, -0.15) is 0 Å². The van der Waals surface area contributed by atoms with Gasteiger partial charge in [0.25, 0.3) is 0 Å². The predicted molar refractivity (Wildman–Crippen MR) is 87.0 cm³/mol. The smallest absolute Gasteiger partial charge is 0.227 e. The summed E-state index contributed by atoms with van der Waals surface area (Å²) in [7, 11) is 0. The van der Waals surface area contributed by atoms with Gasteiger partial charge in [0.1, 0.15) is 5.52 Å². The summed E-state index contributed by atoms with van der Waals surface area (Å²) in [4.78, 5) is 4.69. The summed E-state index contributed by atoms with van der Waals surface area (Å²) in [5, 5.41) is 2.29. The average molecular weight is 271 g/mol. The fraction of sp³-hybridized carbons (Fsp3) is 0. The minimum atomic E-state index is 0.644. The van der Waals surface area contributed by atoms with Gasteiger partial charge in [0.15, 0.2) is 5.58 Å². The van der Waals surface area contributed by atoms with E-state index in [1.54, 1.807) is 0 Å². The van der Waals surface area contributed by atoms with Crippen LogP contribution in [0.1, 0.15) is 5.56 Å². The van der Waals surface area contributed by atoms with E-state index >= 15 is 0 Å². The molecule has 0 aliphatic heterocycles. The molecule has 0 unspecified atom stereocenters. The number of benzene rings is 3. The Balaban J connectivity index is 1.98. The number of hydrogen-bond acceptors (Lipinski definition) is 2. The second-order valence-corrected chi connectivity index (χ2v) is 4.98. The van der Waals surface area contributed by atoms with Gasteiger partial charge in [-0.3, -0.25) is 0 Å². The van der Waals surface area contributed by atoms with Crippen LogP contribution in [0.25, 0.3) is 39.4 Å². The molecule has 21 heavy (non-hydrogen) atoms. The van der Waals surface area contributed by atoms with Gasteiger partial charge in [0.05, 0.1) is 0 Å².